The number of aromatic nitrogens is 3. The Morgan fingerprint density at radius 2 is 2.03 bits per heavy atom. The monoisotopic (exact) mass is 433 g/mol. The Morgan fingerprint density at radius 3 is 2.75 bits per heavy atom. The van der Waals surface area contributed by atoms with Gasteiger partial charge in [0.2, 0.25) is 5.88 Å². The highest BCUT2D eigenvalue weighted by Crippen LogP contribution is 2.40. The number of nitrogens with zero attached hydrogens (tertiary/aromatic N) is 4. The van der Waals surface area contributed by atoms with E-state index in [1.165, 1.54) is 4.68 Å². The number of nitrogens with two attached hydrogens (primary N) is 1. The van der Waals surface area contributed by atoms with E-state index in [4.69, 9.17) is 24.7 Å². The van der Waals surface area contributed by atoms with E-state index < -0.39 is 5.60 Å². The summed E-state index contributed by atoms with van der Waals surface area (Å²) in [4.78, 5) is 4.30. The standard InChI is InChI=1S/C23H23N5O4/c1-13-4-5-18-16(6-13)14(2)31-19-7-15(9-26-21(19)25)20-17(8-24)28(3)27-22(20)30-12-23(32-18)10-29-11-23/h4-7,9,14H,10-12H2,1-3H3,(H2,25,26)/t14-/m1/s1. The third-order valence-electron chi connectivity index (χ3n) is 5.73. The molecule has 1 saturated heterocycles. The second-order valence-electron chi connectivity index (χ2n) is 8.24. The van der Waals surface area contributed by atoms with Crippen LogP contribution in [0.15, 0.2) is 30.5 Å². The van der Waals surface area contributed by atoms with Crippen molar-refractivity contribution in [3.05, 3.63) is 47.3 Å². The van der Waals surface area contributed by atoms with E-state index in [2.05, 4.69) is 16.2 Å². The van der Waals surface area contributed by atoms with Crippen LogP contribution >= 0.6 is 0 Å². The second-order valence-corrected chi connectivity index (χ2v) is 8.24. The van der Waals surface area contributed by atoms with Crippen LogP contribution in [-0.2, 0) is 11.8 Å². The van der Waals surface area contributed by atoms with Crippen LogP contribution in [0.3, 0.4) is 0 Å². The average Bonchev–Trinajstić information content (AvgIpc) is 3.07. The molecule has 2 aromatic heterocycles. The highest BCUT2D eigenvalue weighted by atomic mass is 16.6. The van der Waals surface area contributed by atoms with E-state index in [-0.39, 0.29) is 18.5 Å². The van der Waals surface area contributed by atoms with Crippen molar-refractivity contribution in [2.24, 2.45) is 7.05 Å². The van der Waals surface area contributed by atoms with Gasteiger partial charge in [-0.2, -0.15) is 5.26 Å². The minimum atomic E-state index is -0.671. The van der Waals surface area contributed by atoms with Crippen LogP contribution in [0.2, 0.25) is 0 Å². The average molecular weight is 433 g/mol. The Balaban J connectivity index is 1.69. The van der Waals surface area contributed by atoms with Crippen LogP contribution < -0.4 is 19.9 Å². The lowest BCUT2D eigenvalue weighted by atomic mass is 10.0. The largest absolute Gasteiger partial charge is 0.482 e. The lowest BCUT2D eigenvalue weighted by Crippen LogP contribution is -2.58. The molecule has 2 N–H and O–H groups in total. The summed E-state index contributed by atoms with van der Waals surface area (Å²) < 4.78 is 25.8. The SMILES string of the molecule is Cc1ccc2c(c1)[C@@H](C)Oc1cc(cnc1N)-c1c(nn(C)c1C#N)OCC1(COC1)O2. The molecule has 2 aliphatic rings. The van der Waals surface area contributed by atoms with Gasteiger partial charge in [0.25, 0.3) is 0 Å². The molecule has 1 aromatic carbocycles. The number of hydrogen-bond acceptors (Lipinski definition) is 8. The van der Waals surface area contributed by atoms with E-state index in [0.29, 0.717) is 47.4 Å². The number of pyridine rings is 1. The maximum atomic E-state index is 9.74. The van der Waals surface area contributed by atoms with Gasteiger partial charge < -0.3 is 24.7 Å². The van der Waals surface area contributed by atoms with Crippen molar-refractivity contribution >= 4 is 5.82 Å². The summed E-state index contributed by atoms with van der Waals surface area (Å²) in [7, 11) is 1.69. The smallest absolute Gasteiger partial charge is 0.242 e. The summed E-state index contributed by atoms with van der Waals surface area (Å²) in [6.07, 6.45) is 1.22. The Labute approximate surface area is 185 Å². The summed E-state index contributed by atoms with van der Waals surface area (Å²) in [5.74, 6) is 1.66. The normalized spacial score (nSPS) is 18.8. The highest BCUT2D eigenvalue weighted by molar-refractivity contribution is 5.75. The van der Waals surface area contributed by atoms with Crippen molar-refractivity contribution in [1.82, 2.24) is 14.8 Å². The van der Waals surface area contributed by atoms with E-state index in [1.54, 1.807) is 19.3 Å². The number of fused-ring (bicyclic) bond motifs is 5. The lowest BCUT2D eigenvalue weighted by molar-refractivity contribution is -0.177. The van der Waals surface area contributed by atoms with Crippen molar-refractivity contribution in [2.45, 2.75) is 25.6 Å². The van der Waals surface area contributed by atoms with Gasteiger partial charge in [-0.3, -0.25) is 4.68 Å². The number of nitriles is 1. The molecule has 0 aliphatic carbocycles. The minimum absolute atomic E-state index is 0.208. The number of benzene rings is 1. The number of nitrogen functional groups attached to an aromatic ring is 1. The topological polar surface area (TPSA) is 117 Å². The molecule has 32 heavy (non-hydrogen) atoms. The maximum Gasteiger partial charge on any atom is 0.242 e. The molecule has 2 bridgehead atoms. The van der Waals surface area contributed by atoms with Crippen molar-refractivity contribution in [3.63, 3.8) is 0 Å². The summed E-state index contributed by atoms with van der Waals surface area (Å²) in [6, 6.07) is 9.91. The van der Waals surface area contributed by atoms with Gasteiger partial charge in [0.05, 0.1) is 18.8 Å². The van der Waals surface area contributed by atoms with Crippen LogP contribution in [0.5, 0.6) is 17.4 Å². The van der Waals surface area contributed by atoms with E-state index in [1.807, 2.05) is 32.0 Å². The van der Waals surface area contributed by atoms with Crippen molar-refractivity contribution < 1.29 is 18.9 Å². The molecule has 5 rings (SSSR count). The first-order valence-electron chi connectivity index (χ1n) is 10.3. The van der Waals surface area contributed by atoms with Gasteiger partial charge >= 0.3 is 0 Å². The third kappa shape index (κ3) is 3.29. The molecule has 164 valence electrons. The zero-order chi connectivity index (χ0) is 22.5. The van der Waals surface area contributed by atoms with Crippen molar-refractivity contribution in [3.8, 4) is 34.6 Å². The Bertz CT molecular complexity index is 1240. The first-order valence-corrected chi connectivity index (χ1v) is 10.3. The van der Waals surface area contributed by atoms with Gasteiger partial charge in [0.15, 0.2) is 17.2 Å². The quantitative estimate of drug-likeness (QED) is 0.575. The molecule has 1 atom stereocenters. The third-order valence-corrected chi connectivity index (χ3v) is 5.73. The van der Waals surface area contributed by atoms with Gasteiger partial charge in [0, 0.05) is 24.4 Å². The fourth-order valence-electron chi connectivity index (χ4n) is 3.94. The highest BCUT2D eigenvalue weighted by Gasteiger charge is 2.44. The summed E-state index contributed by atoms with van der Waals surface area (Å²) in [5.41, 5.74) is 8.93. The predicted octanol–water partition coefficient (Wildman–Crippen LogP) is 2.92. The van der Waals surface area contributed by atoms with Gasteiger partial charge in [0.1, 0.15) is 30.2 Å². The first-order chi connectivity index (χ1) is 15.4. The molecule has 0 unspecified atom stereocenters. The maximum absolute atomic E-state index is 9.74. The van der Waals surface area contributed by atoms with Crippen LogP contribution in [-0.4, -0.2) is 40.2 Å². The molecular weight excluding hydrogens is 410 g/mol. The predicted molar refractivity (Wildman–Crippen MR) is 115 cm³/mol. The number of hydrogen-bond donors (Lipinski definition) is 1. The number of aryl methyl sites for hydroxylation is 2. The summed E-state index contributed by atoms with van der Waals surface area (Å²) >= 11 is 0. The number of ether oxygens (including phenoxy) is 4. The van der Waals surface area contributed by atoms with Crippen LogP contribution in [0.1, 0.15) is 29.8 Å². The molecule has 9 nitrogen and oxygen atoms in total. The zero-order valence-corrected chi connectivity index (χ0v) is 18.1. The van der Waals surface area contributed by atoms with Crippen LogP contribution in [0.25, 0.3) is 11.1 Å². The van der Waals surface area contributed by atoms with Gasteiger partial charge in [-0.15, -0.1) is 5.10 Å². The zero-order valence-electron chi connectivity index (χ0n) is 18.1. The van der Waals surface area contributed by atoms with Crippen molar-refractivity contribution in [2.75, 3.05) is 25.6 Å². The van der Waals surface area contributed by atoms with Gasteiger partial charge in [-0.25, -0.2) is 4.98 Å². The molecule has 3 aromatic rings. The number of anilines is 1. The second kappa shape index (κ2) is 7.43. The molecule has 1 spiro atoms. The number of rotatable bonds is 0. The molecule has 4 heterocycles. The fourth-order valence-corrected chi connectivity index (χ4v) is 3.94. The molecule has 0 saturated carbocycles. The van der Waals surface area contributed by atoms with Crippen molar-refractivity contribution in [1.29, 1.82) is 5.26 Å². The Kier molecular flexibility index (Phi) is 4.68. The first kappa shape index (κ1) is 20.2. The molecular formula is C23H23N5O4. The van der Waals surface area contributed by atoms with Gasteiger partial charge in [-0.1, -0.05) is 11.6 Å². The molecule has 2 aliphatic heterocycles. The van der Waals surface area contributed by atoms with E-state index in [0.717, 1.165) is 11.1 Å². The van der Waals surface area contributed by atoms with Crippen LogP contribution in [0.4, 0.5) is 5.82 Å². The summed E-state index contributed by atoms with van der Waals surface area (Å²) in [5, 5.41) is 14.2. The molecule has 9 heteroatoms. The fraction of sp³-hybridized carbons (Fsp3) is 0.348. The van der Waals surface area contributed by atoms with Gasteiger partial charge in [-0.05, 0) is 32.0 Å². The molecule has 1 fully saturated rings. The summed E-state index contributed by atoms with van der Waals surface area (Å²) in [6.45, 7) is 4.92. The van der Waals surface area contributed by atoms with E-state index >= 15 is 0 Å². The Hall–Kier alpha value is -3.77. The minimum Gasteiger partial charge on any atom is -0.482 e. The van der Waals surface area contributed by atoms with E-state index in [9.17, 15) is 5.26 Å². The lowest BCUT2D eigenvalue weighted by Gasteiger charge is -2.41. The van der Waals surface area contributed by atoms with Crippen LogP contribution in [0, 0.1) is 18.3 Å². The molecule has 0 radical (unpaired) electrons. The molecule has 0 amide bonds. The Morgan fingerprint density at radius 1 is 1.22 bits per heavy atom.